The summed E-state index contributed by atoms with van der Waals surface area (Å²) in [5.41, 5.74) is 0.410. The third-order valence-corrected chi connectivity index (χ3v) is 3.27. The number of aldehydes is 1. The number of allylic oxidation sites excluding steroid dienone is 2. The molecule has 128 valence electrons. The van der Waals surface area contributed by atoms with Crippen molar-refractivity contribution in [2.24, 2.45) is 0 Å². The molecule has 7 heteroatoms. The Morgan fingerprint density at radius 2 is 2.26 bits per heavy atom. The number of hydrogen-bond acceptors (Lipinski definition) is 5. The third-order valence-electron chi connectivity index (χ3n) is 3.27. The first-order valence-corrected chi connectivity index (χ1v) is 7.67. The maximum absolute atomic E-state index is 11.6. The second-order valence-corrected chi connectivity index (χ2v) is 6.51. The number of alkyl carbamates (subject to hydrolysis) is 1. The van der Waals surface area contributed by atoms with Gasteiger partial charge in [0.15, 0.2) is 0 Å². The molecule has 0 saturated heterocycles. The molecule has 23 heavy (non-hydrogen) atoms. The van der Waals surface area contributed by atoms with E-state index >= 15 is 0 Å². The van der Waals surface area contributed by atoms with Gasteiger partial charge in [0.1, 0.15) is 11.9 Å². The molecule has 1 N–H and O–H groups in total. The van der Waals surface area contributed by atoms with Gasteiger partial charge in [-0.15, -0.1) is 0 Å². The minimum Gasteiger partial charge on any atom is -0.444 e. The van der Waals surface area contributed by atoms with Crippen LogP contribution in [0.4, 0.5) is 4.79 Å². The average molecular weight is 324 g/mol. The fraction of sp³-hybridized carbons (Fsp3) is 0.625. The molecule has 0 bridgehead atoms. The van der Waals surface area contributed by atoms with Crippen molar-refractivity contribution in [3.63, 3.8) is 0 Å². The Kier molecular flexibility index (Phi) is 6.93. The Hall–Kier alpha value is -2.18. The van der Waals surface area contributed by atoms with Gasteiger partial charge in [-0.2, -0.15) is 0 Å². The maximum atomic E-state index is 11.6. The zero-order valence-electron chi connectivity index (χ0n) is 13.8. The summed E-state index contributed by atoms with van der Waals surface area (Å²) in [7, 11) is 0. The van der Waals surface area contributed by atoms with E-state index in [1.54, 1.807) is 32.9 Å². The van der Waals surface area contributed by atoms with Gasteiger partial charge in [-0.25, -0.2) is 4.79 Å². The van der Waals surface area contributed by atoms with Crippen molar-refractivity contribution >= 4 is 12.4 Å². The molecule has 1 aliphatic carbocycles. The van der Waals surface area contributed by atoms with Gasteiger partial charge in [0.2, 0.25) is 6.04 Å². The standard InChI is InChI=1S/C16H24N2O5/c1-16(2,3)23-15(20)17-13(11-19)6-4-5-12-7-9-14(10-8-12)18(21)22/h7-9,11,13-14H,4-6,10H2,1-3H3,(H,17,20). The summed E-state index contributed by atoms with van der Waals surface area (Å²) in [5, 5.41) is 13.2. The smallest absolute Gasteiger partial charge is 0.408 e. The van der Waals surface area contributed by atoms with Crippen LogP contribution in [-0.2, 0) is 9.53 Å². The highest BCUT2D eigenvalue weighted by Crippen LogP contribution is 2.18. The lowest BCUT2D eigenvalue weighted by Crippen LogP contribution is -2.39. The zero-order chi connectivity index (χ0) is 17.5. The lowest BCUT2D eigenvalue weighted by Gasteiger charge is -2.21. The van der Waals surface area contributed by atoms with E-state index in [4.69, 9.17) is 4.74 Å². The molecule has 0 heterocycles. The SMILES string of the molecule is CC(C)(C)OC(=O)NC(C=O)CCCC1=CCC([N+](=O)[O-])C=C1. The van der Waals surface area contributed by atoms with E-state index in [0.717, 1.165) is 5.57 Å². The third kappa shape index (κ3) is 7.58. The lowest BCUT2D eigenvalue weighted by molar-refractivity contribution is -0.508. The number of ether oxygens (including phenoxy) is 1. The number of amides is 1. The molecule has 0 radical (unpaired) electrons. The number of nitrogens with zero attached hydrogens (tertiary/aromatic N) is 1. The van der Waals surface area contributed by atoms with Crippen LogP contribution in [0.25, 0.3) is 0 Å². The number of carbonyl (C=O) groups is 2. The van der Waals surface area contributed by atoms with Crippen molar-refractivity contribution in [2.75, 3.05) is 0 Å². The Balaban J connectivity index is 2.33. The monoisotopic (exact) mass is 324 g/mol. The van der Waals surface area contributed by atoms with Gasteiger partial charge in [-0.1, -0.05) is 17.7 Å². The van der Waals surface area contributed by atoms with Crippen molar-refractivity contribution in [1.82, 2.24) is 5.32 Å². The normalized spacial score (nSPS) is 18.7. The molecule has 0 aromatic carbocycles. The predicted octanol–water partition coefficient (Wildman–Crippen LogP) is 2.78. The van der Waals surface area contributed by atoms with Crippen LogP contribution < -0.4 is 5.32 Å². The van der Waals surface area contributed by atoms with Gasteiger partial charge in [0.25, 0.3) is 0 Å². The average Bonchev–Trinajstić information content (AvgIpc) is 2.44. The van der Waals surface area contributed by atoms with E-state index in [2.05, 4.69) is 5.32 Å². The van der Waals surface area contributed by atoms with E-state index < -0.39 is 23.8 Å². The first-order valence-electron chi connectivity index (χ1n) is 7.67. The molecule has 0 saturated carbocycles. The van der Waals surface area contributed by atoms with Crippen LogP contribution >= 0.6 is 0 Å². The minimum atomic E-state index is -0.643. The predicted molar refractivity (Wildman–Crippen MR) is 85.7 cm³/mol. The summed E-state index contributed by atoms with van der Waals surface area (Å²) in [4.78, 5) is 33.0. The highest BCUT2D eigenvalue weighted by atomic mass is 16.6. The first kappa shape index (κ1) is 18.9. The number of hydrogen-bond donors (Lipinski definition) is 1. The molecule has 0 aromatic heterocycles. The molecule has 7 nitrogen and oxygen atoms in total. The van der Waals surface area contributed by atoms with Crippen molar-refractivity contribution in [3.8, 4) is 0 Å². The van der Waals surface area contributed by atoms with Crippen LogP contribution in [0.5, 0.6) is 0 Å². The highest BCUT2D eigenvalue weighted by Gasteiger charge is 2.20. The lowest BCUT2D eigenvalue weighted by atomic mass is 9.98. The van der Waals surface area contributed by atoms with Crippen molar-refractivity contribution in [3.05, 3.63) is 33.9 Å². The van der Waals surface area contributed by atoms with Crippen LogP contribution in [0.1, 0.15) is 46.5 Å². The van der Waals surface area contributed by atoms with E-state index in [9.17, 15) is 19.7 Å². The molecule has 2 unspecified atom stereocenters. The van der Waals surface area contributed by atoms with E-state index in [1.807, 2.05) is 6.08 Å². The highest BCUT2D eigenvalue weighted by molar-refractivity contribution is 5.73. The number of nitro groups is 1. The molecule has 0 fully saturated rings. The first-order chi connectivity index (χ1) is 10.7. The largest absolute Gasteiger partial charge is 0.444 e. The van der Waals surface area contributed by atoms with Crippen LogP contribution in [0.3, 0.4) is 0 Å². The summed E-state index contributed by atoms with van der Waals surface area (Å²) < 4.78 is 5.11. The van der Waals surface area contributed by atoms with Crippen LogP contribution in [0, 0.1) is 10.1 Å². The summed E-state index contributed by atoms with van der Waals surface area (Å²) in [6.07, 6.45) is 7.57. The Morgan fingerprint density at radius 3 is 2.74 bits per heavy atom. The molecule has 0 aromatic rings. The van der Waals surface area contributed by atoms with E-state index in [1.165, 1.54) is 0 Å². The quantitative estimate of drug-likeness (QED) is 0.441. The van der Waals surface area contributed by atoms with Crippen LogP contribution in [-0.4, -0.2) is 35.0 Å². The summed E-state index contributed by atoms with van der Waals surface area (Å²) in [6, 6.07) is -1.24. The molecular formula is C16H24N2O5. The Labute approximate surface area is 135 Å². The van der Waals surface area contributed by atoms with Crippen molar-refractivity contribution in [2.45, 2.75) is 64.1 Å². The van der Waals surface area contributed by atoms with Crippen LogP contribution in [0.15, 0.2) is 23.8 Å². The maximum Gasteiger partial charge on any atom is 0.408 e. The van der Waals surface area contributed by atoms with E-state index in [-0.39, 0.29) is 4.92 Å². The Morgan fingerprint density at radius 1 is 1.57 bits per heavy atom. The molecule has 1 rings (SSSR count). The van der Waals surface area contributed by atoms with Gasteiger partial charge in [0.05, 0.1) is 6.04 Å². The number of rotatable bonds is 7. The topological polar surface area (TPSA) is 98.5 Å². The molecular weight excluding hydrogens is 300 g/mol. The Bertz CT molecular complexity index is 505. The van der Waals surface area contributed by atoms with Gasteiger partial charge < -0.3 is 14.8 Å². The fourth-order valence-corrected chi connectivity index (χ4v) is 2.15. The molecule has 0 spiro atoms. The second-order valence-electron chi connectivity index (χ2n) is 6.51. The van der Waals surface area contributed by atoms with Gasteiger partial charge in [-0.05, 0) is 46.1 Å². The molecule has 0 aliphatic heterocycles. The van der Waals surface area contributed by atoms with Gasteiger partial charge >= 0.3 is 6.09 Å². The summed E-state index contributed by atoms with van der Waals surface area (Å²) in [6.45, 7) is 5.26. The second kappa shape index (κ2) is 8.45. The fourth-order valence-electron chi connectivity index (χ4n) is 2.15. The minimum absolute atomic E-state index is 0.309. The summed E-state index contributed by atoms with van der Waals surface area (Å²) in [5.74, 6) is 0. The zero-order valence-corrected chi connectivity index (χ0v) is 13.8. The van der Waals surface area contributed by atoms with Gasteiger partial charge in [0, 0.05) is 11.3 Å². The molecule has 1 amide bonds. The molecule has 1 aliphatic rings. The van der Waals surface area contributed by atoms with Crippen LogP contribution in [0.2, 0.25) is 0 Å². The van der Waals surface area contributed by atoms with Gasteiger partial charge in [-0.3, -0.25) is 10.1 Å². The number of nitrogens with one attached hydrogen (secondary N) is 1. The number of carbonyl (C=O) groups excluding carboxylic acids is 2. The summed E-state index contributed by atoms with van der Waals surface area (Å²) >= 11 is 0. The van der Waals surface area contributed by atoms with Crippen molar-refractivity contribution < 1.29 is 19.2 Å². The molecule has 2 atom stereocenters. The van der Waals surface area contributed by atoms with E-state index in [0.29, 0.717) is 32.0 Å². The van der Waals surface area contributed by atoms with Crippen molar-refractivity contribution in [1.29, 1.82) is 0 Å².